The van der Waals surface area contributed by atoms with Gasteiger partial charge in [-0.1, -0.05) is 5.16 Å². The van der Waals surface area contributed by atoms with Crippen LogP contribution in [0.2, 0.25) is 0 Å². The molecule has 0 aliphatic carbocycles. The number of aromatic nitrogens is 2. The Kier molecular flexibility index (Phi) is 3.79. The van der Waals surface area contributed by atoms with Crippen molar-refractivity contribution in [1.82, 2.24) is 15.5 Å². The number of methoxy groups -OCH3 is 1. The van der Waals surface area contributed by atoms with Crippen molar-refractivity contribution in [3.8, 4) is 16.5 Å². The first-order valence-electron chi connectivity index (χ1n) is 6.51. The molecule has 1 aliphatic heterocycles. The molecule has 1 unspecified atom stereocenters. The second kappa shape index (κ2) is 5.71. The van der Waals surface area contributed by atoms with E-state index in [1.165, 1.54) is 12.8 Å². The Morgan fingerprint density at radius 3 is 3.26 bits per heavy atom. The first-order chi connectivity index (χ1) is 9.35. The van der Waals surface area contributed by atoms with Crippen molar-refractivity contribution >= 4 is 11.3 Å². The molecule has 2 aromatic rings. The first-order valence-corrected chi connectivity index (χ1v) is 7.39. The highest BCUT2D eigenvalue weighted by Gasteiger charge is 2.18. The van der Waals surface area contributed by atoms with Crippen LogP contribution < -0.4 is 10.1 Å². The maximum absolute atomic E-state index is 5.32. The third kappa shape index (κ3) is 2.96. The van der Waals surface area contributed by atoms with Gasteiger partial charge >= 0.3 is 0 Å². The van der Waals surface area contributed by atoms with Gasteiger partial charge in [0.15, 0.2) is 5.82 Å². The highest BCUT2D eigenvalue weighted by atomic mass is 32.1. The third-order valence-corrected chi connectivity index (χ3v) is 4.26. The zero-order valence-electron chi connectivity index (χ0n) is 10.9. The molecule has 0 amide bonds. The molecular formula is C13H17N3O2S. The zero-order valence-corrected chi connectivity index (χ0v) is 11.7. The highest BCUT2D eigenvalue weighted by molar-refractivity contribution is 7.13. The SMILES string of the molecule is COc1csc(-c2nc(CC3CCCNC3)no2)c1. The minimum atomic E-state index is 0.590. The fourth-order valence-corrected chi connectivity index (χ4v) is 3.11. The average molecular weight is 279 g/mol. The van der Waals surface area contributed by atoms with Gasteiger partial charge in [-0.3, -0.25) is 0 Å². The second-order valence-electron chi connectivity index (χ2n) is 4.78. The highest BCUT2D eigenvalue weighted by Crippen LogP contribution is 2.30. The van der Waals surface area contributed by atoms with Crippen LogP contribution in [0.25, 0.3) is 10.8 Å². The summed E-state index contributed by atoms with van der Waals surface area (Å²) in [6.45, 7) is 2.18. The average Bonchev–Trinajstić information content (AvgIpc) is 3.08. The molecule has 1 aliphatic rings. The number of nitrogens with one attached hydrogen (secondary N) is 1. The largest absolute Gasteiger partial charge is 0.496 e. The molecule has 0 spiro atoms. The zero-order chi connectivity index (χ0) is 13.1. The Labute approximate surface area is 116 Å². The molecule has 102 valence electrons. The summed E-state index contributed by atoms with van der Waals surface area (Å²) in [7, 11) is 1.65. The third-order valence-electron chi connectivity index (χ3n) is 3.36. The fraction of sp³-hybridized carbons (Fsp3) is 0.538. The van der Waals surface area contributed by atoms with Crippen molar-refractivity contribution in [3.63, 3.8) is 0 Å². The van der Waals surface area contributed by atoms with Crippen LogP contribution in [0.1, 0.15) is 18.7 Å². The summed E-state index contributed by atoms with van der Waals surface area (Å²) in [6.07, 6.45) is 3.36. The molecule has 6 heteroatoms. The second-order valence-corrected chi connectivity index (χ2v) is 5.69. The summed E-state index contributed by atoms with van der Waals surface area (Å²) in [6, 6.07) is 1.92. The lowest BCUT2D eigenvalue weighted by Gasteiger charge is -2.20. The van der Waals surface area contributed by atoms with Crippen LogP contribution in [0, 0.1) is 5.92 Å². The molecule has 0 radical (unpaired) electrons. The molecule has 3 rings (SSSR count). The van der Waals surface area contributed by atoms with Crippen LogP contribution in [0.4, 0.5) is 0 Å². The van der Waals surface area contributed by atoms with Crippen molar-refractivity contribution in [2.45, 2.75) is 19.3 Å². The fourth-order valence-electron chi connectivity index (χ4n) is 2.33. The molecule has 0 aromatic carbocycles. The van der Waals surface area contributed by atoms with Crippen LogP contribution in [-0.2, 0) is 6.42 Å². The van der Waals surface area contributed by atoms with Crippen LogP contribution in [0.5, 0.6) is 5.75 Å². The molecule has 5 nitrogen and oxygen atoms in total. The van der Waals surface area contributed by atoms with Gasteiger partial charge in [0.2, 0.25) is 0 Å². The molecule has 1 atom stereocenters. The van der Waals surface area contributed by atoms with E-state index in [1.807, 2.05) is 11.4 Å². The molecule has 1 fully saturated rings. The van der Waals surface area contributed by atoms with Gasteiger partial charge in [0.1, 0.15) is 5.75 Å². The van der Waals surface area contributed by atoms with Gasteiger partial charge in [-0.05, 0) is 31.8 Å². The first kappa shape index (κ1) is 12.6. The molecule has 0 bridgehead atoms. The van der Waals surface area contributed by atoms with Gasteiger partial charge in [0, 0.05) is 17.9 Å². The van der Waals surface area contributed by atoms with Crippen LogP contribution in [0.3, 0.4) is 0 Å². The monoisotopic (exact) mass is 279 g/mol. The number of hydrogen-bond acceptors (Lipinski definition) is 6. The Bertz CT molecular complexity index is 531. The van der Waals surface area contributed by atoms with Gasteiger partial charge < -0.3 is 14.6 Å². The molecule has 3 heterocycles. The van der Waals surface area contributed by atoms with E-state index < -0.39 is 0 Å². The van der Waals surface area contributed by atoms with E-state index in [2.05, 4.69) is 15.5 Å². The van der Waals surface area contributed by atoms with E-state index in [-0.39, 0.29) is 0 Å². The Hall–Kier alpha value is -1.40. The van der Waals surface area contributed by atoms with E-state index >= 15 is 0 Å². The van der Waals surface area contributed by atoms with E-state index in [1.54, 1.807) is 18.4 Å². The van der Waals surface area contributed by atoms with E-state index in [0.29, 0.717) is 11.8 Å². The lowest BCUT2D eigenvalue weighted by Crippen LogP contribution is -2.31. The normalized spacial score (nSPS) is 19.5. The molecule has 1 N–H and O–H groups in total. The van der Waals surface area contributed by atoms with Crippen LogP contribution in [0.15, 0.2) is 16.0 Å². The van der Waals surface area contributed by atoms with E-state index in [0.717, 1.165) is 36.0 Å². The standard InChI is InChI=1S/C13H17N3O2S/c1-17-10-6-11(19-8-10)13-15-12(16-18-13)5-9-3-2-4-14-7-9/h6,8-9,14H,2-5,7H2,1H3. The van der Waals surface area contributed by atoms with E-state index in [9.17, 15) is 0 Å². The Morgan fingerprint density at radius 1 is 1.58 bits per heavy atom. The van der Waals surface area contributed by atoms with Crippen molar-refractivity contribution in [3.05, 3.63) is 17.3 Å². The van der Waals surface area contributed by atoms with Crippen molar-refractivity contribution in [1.29, 1.82) is 0 Å². The molecule has 1 saturated heterocycles. The summed E-state index contributed by atoms with van der Waals surface area (Å²) in [5.41, 5.74) is 0. The van der Waals surface area contributed by atoms with Gasteiger partial charge in [-0.25, -0.2) is 0 Å². The molecule has 19 heavy (non-hydrogen) atoms. The molecular weight excluding hydrogens is 262 g/mol. The number of thiophene rings is 1. The molecule has 0 saturated carbocycles. The maximum atomic E-state index is 5.32. The van der Waals surface area contributed by atoms with Gasteiger partial charge in [-0.2, -0.15) is 4.98 Å². The summed E-state index contributed by atoms with van der Waals surface area (Å²) in [5.74, 6) is 2.84. The minimum absolute atomic E-state index is 0.590. The van der Waals surface area contributed by atoms with Crippen molar-refractivity contribution in [2.75, 3.05) is 20.2 Å². The summed E-state index contributed by atoms with van der Waals surface area (Å²) < 4.78 is 10.5. The summed E-state index contributed by atoms with van der Waals surface area (Å²) in [5, 5.41) is 9.41. The Balaban J connectivity index is 1.68. The predicted molar refractivity (Wildman–Crippen MR) is 73.5 cm³/mol. The number of piperidine rings is 1. The molecule has 2 aromatic heterocycles. The summed E-state index contributed by atoms with van der Waals surface area (Å²) in [4.78, 5) is 5.43. The lowest BCUT2D eigenvalue weighted by atomic mass is 9.96. The topological polar surface area (TPSA) is 60.2 Å². The van der Waals surface area contributed by atoms with Gasteiger partial charge in [-0.15, -0.1) is 11.3 Å². The quantitative estimate of drug-likeness (QED) is 0.931. The van der Waals surface area contributed by atoms with Crippen LogP contribution in [-0.4, -0.2) is 30.3 Å². The number of nitrogens with zero attached hydrogens (tertiary/aromatic N) is 2. The number of ether oxygens (including phenoxy) is 1. The Morgan fingerprint density at radius 2 is 2.53 bits per heavy atom. The van der Waals surface area contributed by atoms with Gasteiger partial charge in [0.25, 0.3) is 5.89 Å². The number of rotatable bonds is 4. The van der Waals surface area contributed by atoms with Crippen LogP contribution >= 0.6 is 11.3 Å². The van der Waals surface area contributed by atoms with Gasteiger partial charge in [0.05, 0.1) is 12.0 Å². The van der Waals surface area contributed by atoms with E-state index in [4.69, 9.17) is 9.26 Å². The number of hydrogen-bond donors (Lipinski definition) is 1. The van der Waals surface area contributed by atoms with Crippen molar-refractivity contribution in [2.24, 2.45) is 5.92 Å². The minimum Gasteiger partial charge on any atom is -0.496 e. The predicted octanol–water partition coefficient (Wildman–Crippen LogP) is 2.35. The smallest absolute Gasteiger partial charge is 0.268 e. The van der Waals surface area contributed by atoms with Crippen molar-refractivity contribution < 1.29 is 9.26 Å². The lowest BCUT2D eigenvalue weighted by molar-refractivity contribution is 0.360. The maximum Gasteiger partial charge on any atom is 0.268 e. The summed E-state index contributed by atoms with van der Waals surface area (Å²) >= 11 is 1.55.